The quantitative estimate of drug-likeness (QED) is 0.380. The van der Waals surface area contributed by atoms with E-state index in [1.54, 1.807) is 12.1 Å². The van der Waals surface area contributed by atoms with Gasteiger partial charge in [0.1, 0.15) is 5.69 Å². The van der Waals surface area contributed by atoms with Gasteiger partial charge in [0, 0.05) is 29.7 Å². The molecule has 1 heterocycles. The number of hydrogen-bond donors (Lipinski definition) is 1. The Morgan fingerprint density at radius 1 is 0.966 bits per heavy atom. The number of non-ortho nitro benzene ring substituents is 1. The molecule has 0 radical (unpaired) electrons. The Morgan fingerprint density at radius 3 is 2.41 bits per heavy atom. The van der Waals surface area contributed by atoms with E-state index in [1.807, 2.05) is 48.5 Å². The van der Waals surface area contributed by atoms with E-state index in [4.69, 9.17) is 4.52 Å². The van der Waals surface area contributed by atoms with Gasteiger partial charge in [-0.1, -0.05) is 53.7 Å². The zero-order chi connectivity index (χ0) is 20.0. The molecule has 1 aliphatic carbocycles. The SMILES string of the molecule is O=[N+]([O-])c1ccc(-c2noc3c2-c2ccccc2CC(O)c2ccccc2-3)cc1. The summed E-state index contributed by atoms with van der Waals surface area (Å²) in [6, 6.07) is 21.7. The lowest BCUT2D eigenvalue weighted by atomic mass is 9.85. The maximum absolute atomic E-state index is 11.0. The molecule has 0 spiro atoms. The third kappa shape index (κ3) is 2.81. The average Bonchev–Trinajstić information content (AvgIpc) is 3.17. The molecule has 1 unspecified atom stereocenters. The molecule has 29 heavy (non-hydrogen) atoms. The number of hydrogen-bond acceptors (Lipinski definition) is 5. The third-order valence-electron chi connectivity index (χ3n) is 5.31. The van der Waals surface area contributed by atoms with E-state index in [-0.39, 0.29) is 5.69 Å². The van der Waals surface area contributed by atoms with Crippen LogP contribution in [0.1, 0.15) is 17.2 Å². The Labute approximate surface area is 166 Å². The number of nitrogens with zero attached hydrogens (tertiary/aromatic N) is 2. The molecule has 1 aromatic heterocycles. The lowest BCUT2D eigenvalue weighted by Crippen LogP contribution is -2.07. The topological polar surface area (TPSA) is 89.4 Å². The summed E-state index contributed by atoms with van der Waals surface area (Å²) in [4.78, 5) is 10.6. The Morgan fingerprint density at radius 2 is 1.66 bits per heavy atom. The van der Waals surface area contributed by atoms with Crippen LogP contribution < -0.4 is 0 Å². The molecule has 0 saturated heterocycles. The molecule has 0 fully saturated rings. The van der Waals surface area contributed by atoms with Crippen LogP contribution in [0.5, 0.6) is 0 Å². The maximum atomic E-state index is 11.0. The van der Waals surface area contributed by atoms with Gasteiger partial charge in [0.2, 0.25) is 0 Å². The van der Waals surface area contributed by atoms with Crippen LogP contribution >= 0.6 is 0 Å². The van der Waals surface area contributed by atoms with Crippen molar-refractivity contribution in [3.05, 3.63) is 94.0 Å². The molecular weight excluding hydrogens is 368 g/mol. The second-order valence-electron chi connectivity index (χ2n) is 7.00. The molecule has 6 nitrogen and oxygen atoms in total. The van der Waals surface area contributed by atoms with Gasteiger partial charge in [0.15, 0.2) is 5.76 Å². The highest BCUT2D eigenvalue weighted by atomic mass is 16.6. The molecule has 3 aromatic carbocycles. The largest absolute Gasteiger partial charge is 0.388 e. The number of aliphatic hydroxyl groups is 1. The summed E-state index contributed by atoms with van der Waals surface area (Å²) in [7, 11) is 0. The lowest BCUT2D eigenvalue weighted by molar-refractivity contribution is -0.384. The molecular formula is C23H16N2O4. The number of nitro groups is 1. The summed E-state index contributed by atoms with van der Waals surface area (Å²) in [6.45, 7) is 0. The van der Waals surface area contributed by atoms with E-state index in [1.165, 1.54) is 12.1 Å². The van der Waals surface area contributed by atoms with Crippen LogP contribution in [0.4, 0.5) is 5.69 Å². The summed E-state index contributed by atoms with van der Waals surface area (Å²) in [6.07, 6.45) is -0.189. The Kier molecular flexibility index (Phi) is 4.00. The number of benzene rings is 3. The minimum atomic E-state index is -0.659. The lowest BCUT2D eigenvalue weighted by Gasteiger charge is -2.20. The molecule has 0 saturated carbocycles. The number of nitro benzene ring substituents is 1. The van der Waals surface area contributed by atoms with E-state index in [0.29, 0.717) is 17.9 Å². The van der Waals surface area contributed by atoms with Crippen LogP contribution in [0.2, 0.25) is 0 Å². The first-order chi connectivity index (χ1) is 14.1. The average molecular weight is 384 g/mol. The molecule has 1 aliphatic rings. The predicted octanol–water partition coefficient (Wildman–Crippen LogP) is 5.17. The molecule has 5 rings (SSSR count). The van der Waals surface area contributed by atoms with E-state index in [9.17, 15) is 15.2 Å². The van der Waals surface area contributed by atoms with Crippen LogP contribution in [0.3, 0.4) is 0 Å². The van der Waals surface area contributed by atoms with E-state index in [2.05, 4.69) is 5.16 Å². The highest BCUT2D eigenvalue weighted by Crippen LogP contribution is 2.45. The van der Waals surface area contributed by atoms with Crippen LogP contribution in [-0.4, -0.2) is 15.2 Å². The van der Waals surface area contributed by atoms with Crippen molar-refractivity contribution in [1.29, 1.82) is 0 Å². The molecule has 0 aliphatic heterocycles. The van der Waals surface area contributed by atoms with Crippen molar-refractivity contribution >= 4 is 5.69 Å². The Balaban J connectivity index is 1.79. The van der Waals surface area contributed by atoms with Crippen molar-refractivity contribution in [1.82, 2.24) is 5.16 Å². The van der Waals surface area contributed by atoms with E-state index < -0.39 is 11.0 Å². The van der Waals surface area contributed by atoms with Crippen molar-refractivity contribution < 1.29 is 14.6 Å². The first-order valence-electron chi connectivity index (χ1n) is 9.23. The van der Waals surface area contributed by atoms with Gasteiger partial charge in [0.25, 0.3) is 5.69 Å². The second-order valence-corrected chi connectivity index (χ2v) is 7.00. The number of fused-ring (bicyclic) bond motifs is 5. The van der Waals surface area contributed by atoms with Crippen molar-refractivity contribution in [2.45, 2.75) is 12.5 Å². The molecule has 0 amide bonds. The number of aromatic nitrogens is 1. The standard InChI is InChI=1S/C23H16N2O4/c26-20-13-15-5-1-2-6-17(15)21-22(14-9-11-16(12-10-14)25(27)28)24-29-23(21)19-8-4-3-7-18(19)20/h1-12,20,26H,13H2. The first kappa shape index (κ1) is 17.3. The van der Waals surface area contributed by atoms with Crippen LogP contribution in [-0.2, 0) is 6.42 Å². The van der Waals surface area contributed by atoms with E-state index >= 15 is 0 Å². The fourth-order valence-corrected chi connectivity index (χ4v) is 3.92. The van der Waals surface area contributed by atoms with Gasteiger partial charge in [0.05, 0.1) is 16.6 Å². The number of aliphatic hydroxyl groups excluding tert-OH is 1. The molecule has 1 atom stereocenters. The molecule has 4 aromatic rings. The summed E-state index contributed by atoms with van der Waals surface area (Å²) < 4.78 is 5.79. The fraction of sp³-hybridized carbons (Fsp3) is 0.0870. The Bertz CT molecular complexity index is 1230. The van der Waals surface area contributed by atoms with Gasteiger partial charge in [-0.3, -0.25) is 10.1 Å². The fourth-order valence-electron chi connectivity index (χ4n) is 3.92. The van der Waals surface area contributed by atoms with E-state index in [0.717, 1.165) is 33.4 Å². The van der Waals surface area contributed by atoms with Gasteiger partial charge in [-0.25, -0.2) is 0 Å². The molecule has 1 N–H and O–H groups in total. The normalized spacial score (nSPS) is 14.9. The third-order valence-corrected chi connectivity index (χ3v) is 5.31. The summed E-state index contributed by atoms with van der Waals surface area (Å²) in [5.41, 5.74) is 5.71. The predicted molar refractivity (Wildman–Crippen MR) is 108 cm³/mol. The number of rotatable bonds is 2. The smallest absolute Gasteiger partial charge is 0.269 e. The molecule has 142 valence electrons. The minimum absolute atomic E-state index is 0.0222. The zero-order valence-electron chi connectivity index (χ0n) is 15.3. The zero-order valence-corrected chi connectivity index (χ0v) is 15.3. The van der Waals surface area contributed by atoms with Gasteiger partial charge in [-0.05, 0) is 28.8 Å². The van der Waals surface area contributed by atoms with Crippen molar-refractivity contribution in [3.8, 4) is 33.7 Å². The Hall–Kier alpha value is -3.77. The van der Waals surface area contributed by atoms with Gasteiger partial charge in [-0.2, -0.15) is 0 Å². The second kappa shape index (κ2) is 6.68. The summed E-state index contributed by atoms with van der Waals surface area (Å²) in [5, 5.41) is 26.1. The summed E-state index contributed by atoms with van der Waals surface area (Å²) in [5.74, 6) is 0.583. The molecule has 0 bridgehead atoms. The van der Waals surface area contributed by atoms with Gasteiger partial charge < -0.3 is 9.63 Å². The van der Waals surface area contributed by atoms with Crippen molar-refractivity contribution in [2.75, 3.05) is 0 Å². The van der Waals surface area contributed by atoms with Crippen LogP contribution in [0.15, 0.2) is 77.3 Å². The van der Waals surface area contributed by atoms with Crippen molar-refractivity contribution in [2.24, 2.45) is 0 Å². The van der Waals surface area contributed by atoms with Gasteiger partial charge >= 0.3 is 0 Å². The van der Waals surface area contributed by atoms with Crippen LogP contribution in [0.25, 0.3) is 33.7 Å². The van der Waals surface area contributed by atoms with Gasteiger partial charge in [-0.15, -0.1) is 0 Å². The molecule has 6 heteroatoms. The van der Waals surface area contributed by atoms with Crippen LogP contribution in [0, 0.1) is 10.1 Å². The maximum Gasteiger partial charge on any atom is 0.269 e. The summed E-state index contributed by atoms with van der Waals surface area (Å²) >= 11 is 0. The first-order valence-corrected chi connectivity index (χ1v) is 9.23. The minimum Gasteiger partial charge on any atom is -0.388 e. The van der Waals surface area contributed by atoms with Crippen molar-refractivity contribution in [3.63, 3.8) is 0 Å². The highest BCUT2D eigenvalue weighted by molar-refractivity contribution is 5.92. The highest BCUT2D eigenvalue weighted by Gasteiger charge is 2.28. The monoisotopic (exact) mass is 384 g/mol.